The van der Waals surface area contributed by atoms with Gasteiger partial charge in [-0.25, -0.2) is 4.79 Å². The molecule has 0 aromatic heterocycles. The summed E-state index contributed by atoms with van der Waals surface area (Å²) in [7, 11) is 0. The molecule has 1 rings (SSSR count). The highest BCUT2D eigenvalue weighted by molar-refractivity contribution is 7.80. The summed E-state index contributed by atoms with van der Waals surface area (Å²) in [6.07, 6.45) is 0.328. The van der Waals surface area contributed by atoms with Crippen LogP contribution in [0.25, 0.3) is 0 Å². The molecule has 2 atom stereocenters. The largest absolute Gasteiger partial charge is 0.480 e. The van der Waals surface area contributed by atoms with Crippen LogP contribution in [0.2, 0.25) is 0 Å². The predicted octanol–water partition coefficient (Wildman–Crippen LogP) is -0.257. The molecule has 0 aromatic rings. The SMILES string of the molecule is O=C(O)[C@@H]1C[C@@H](O)CN1C(=O)CCCS. The number of hydrogen-bond acceptors (Lipinski definition) is 4. The summed E-state index contributed by atoms with van der Waals surface area (Å²) in [5, 5.41) is 18.2. The fourth-order valence-electron chi connectivity index (χ4n) is 1.70. The lowest BCUT2D eigenvalue weighted by molar-refractivity contribution is -0.148. The zero-order valence-corrected chi connectivity index (χ0v) is 9.19. The smallest absolute Gasteiger partial charge is 0.326 e. The van der Waals surface area contributed by atoms with Gasteiger partial charge >= 0.3 is 5.97 Å². The van der Waals surface area contributed by atoms with E-state index in [9.17, 15) is 14.7 Å². The van der Waals surface area contributed by atoms with Crippen LogP contribution >= 0.6 is 12.6 Å². The third kappa shape index (κ3) is 3.10. The van der Waals surface area contributed by atoms with E-state index < -0.39 is 18.1 Å². The maximum atomic E-state index is 11.6. The molecule has 0 radical (unpaired) electrons. The first kappa shape index (κ1) is 12.3. The highest BCUT2D eigenvalue weighted by atomic mass is 32.1. The summed E-state index contributed by atoms with van der Waals surface area (Å²) in [4.78, 5) is 23.6. The average Bonchev–Trinajstić information content (AvgIpc) is 2.57. The number of aliphatic hydroxyl groups is 1. The van der Waals surface area contributed by atoms with E-state index in [0.29, 0.717) is 18.6 Å². The molecule has 0 bridgehead atoms. The minimum absolute atomic E-state index is 0.127. The van der Waals surface area contributed by atoms with Crippen molar-refractivity contribution in [2.24, 2.45) is 0 Å². The van der Waals surface area contributed by atoms with Gasteiger partial charge in [0, 0.05) is 19.4 Å². The van der Waals surface area contributed by atoms with Gasteiger partial charge in [-0.2, -0.15) is 12.6 Å². The van der Waals surface area contributed by atoms with Crippen molar-refractivity contribution < 1.29 is 19.8 Å². The summed E-state index contributed by atoms with van der Waals surface area (Å²) < 4.78 is 0. The molecule has 1 aliphatic heterocycles. The molecule has 15 heavy (non-hydrogen) atoms. The molecule has 1 fully saturated rings. The van der Waals surface area contributed by atoms with Gasteiger partial charge in [0.2, 0.25) is 5.91 Å². The number of aliphatic carboxylic acids is 1. The maximum absolute atomic E-state index is 11.6. The summed E-state index contributed by atoms with van der Waals surface area (Å²) in [5.74, 6) is -0.668. The number of carbonyl (C=O) groups is 2. The number of amides is 1. The Bertz CT molecular complexity index is 258. The second kappa shape index (κ2) is 5.37. The second-order valence-electron chi connectivity index (χ2n) is 3.62. The molecule has 0 spiro atoms. The second-order valence-corrected chi connectivity index (χ2v) is 4.06. The number of carboxylic acid groups (broad SMARTS) is 1. The van der Waals surface area contributed by atoms with Crippen molar-refractivity contribution in [1.29, 1.82) is 0 Å². The Labute approximate surface area is 93.5 Å². The third-order valence-corrected chi connectivity index (χ3v) is 2.75. The Morgan fingerprint density at radius 1 is 1.47 bits per heavy atom. The zero-order valence-electron chi connectivity index (χ0n) is 8.30. The number of thiol groups is 1. The topological polar surface area (TPSA) is 77.8 Å². The van der Waals surface area contributed by atoms with Crippen LogP contribution in [0.1, 0.15) is 19.3 Å². The maximum Gasteiger partial charge on any atom is 0.326 e. The molecular formula is C9H15NO4S. The Hall–Kier alpha value is -0.750. The quantitative estimate of drug-likeness (QED) is 0.585. The number of β-amino-alcohol motifs (C(OH)–C–C–N with tert-alkyl or cyclic N) is 1. The van der Waals surface area contributed by atoms with E-state index >= 15 is 0 Å². The summed E-state index contributed by atoms with van der Waals surface area (Å²) >= 11 is 3.98. The van der Waals surface area contributed by atoms with E-state index in [1.54, 1.807) is 0 Å². The Kier molecular flexibility index (Phi) is 4.41. The Morgan fingerprint density at radius 3 is 2.67 bits per heavy atom. The van der Waals surface area contributed by atoms with Gasteiger partial charge in [-0.1, -0.05) is 0 Å². The molecule has 1 amide bonds. The predicted molar refractivity (Wildman–Crippen MR) is 56.8 cm³/mol. The van der Waals surface area contributed by atoms with Gasteiger partial charge in [-0.15, -0.1) is 0 Å². The highest BCUT2D eigenvalue weighted by Gasteiger charge is 2.38. The minimum atomic E-state index is -1.05. The molecule has 2 N–H and O–H groups in total. The molecule has 0 unspecified atom stereocenters. The van der Waals surface area contributed by atoms with Crippen LogP contribution in [-0.4, -0.2) is 51.4 Å². The standard InChI is InChI=1S/C9H15NO4S/c11-6-4-7(9(13)14)10(5-6)8(12)2-1-3-15/h6-7,11,15H,1-5H2,(H,13,14)/t6-,7+/m1/s1. The molecular weight excluding hydrogens is 218 g/mol. The van der Waals surface area contributed by atoms with Gasteiger partial charge in [-0.05, 0) is 12.2 Å². The molecule has 1 saturated heterocycles. The van der Waals surface area contributed by atoms with Crippen LogP contribution < -0.4 is 0 Å². The molecule has 5 nitrogen and oxygen atoms in total. The third-order valence-electron chi connectivity index (χ3n) is 2.43. The lowest BCUT2D eigenvalue weighted by Crippen LogP contribution is -2.40. The first-order chi connectivity index (χ1) is 7.06. The summed E-state index contributed by atoms with van der Waals surface area (Å²) in [6.45, 7) is 0.127. The van der Waals surface area contributed by atoms with Crippen molar-refractivity contribution in [1.82, 2.24) is 4.90 Å². The van der Waals surface area contributed by atoms with E-state index in [1.165, 1.54) is 4.90 Å². The number of hydrogen-bond donors (Lipinski definition) is 3. The number of carboxylic acids is 1. The van der Waals surface area contributed by atoms with E-state index in [0.717, 1.165) is 0 Å². The van der Waals surface area contributed by atoms with E-state index in [1.807, 2.05) is 0 Å². The lowest BCUT2D eigenvalue weighted by atomic mass is 10.2. The number of likely N-dealkylation sites (tertiary alicyclic amines) is 1. The van der Waals surface area contributed by atoms with Crippen molar-refractivity contribution in [2.75, 3.05) is 12.3 Å². The van der Waals surface area contributed by atoms with E-state index in [4.69, 9.17) is 5.11 Å². The molecule has 0 aromatic carbocycles. The van der Waals surface area contributed by atoms with Gasteiger partial charge in [0.15, 0.2) is 0 Å². The molecule has 0 aliphatic carbocycles. The van der Waals surface area contributed by atoms with Crippen LogP contribution in [0.15, 0.2) is 0 Å². The number of nitrogens with zero attached hydrogens (tertiary/aromatic N) is 1. The van der Waals surface area contributed by atoms with Gasteiger partial charge in [0.1, 0.15) is 6.04 Å². The minimum Gasteiger partial charge on any atom is -0.480 e. The lowest BCUT2D eigenvalue weighted by Gasteiger charge is -2.20. The average molecular weight is 233 g/mol. The van der Waals surface area contributed by atoms with Crippen molar-refractivity contribution in [3.05, 3.63) is 0 Å². The van der Waals surface area contributed by atoms with E-state index in [-0.39, 0.29) is 18.9 Å². The molecule has 1 heterocycles. The molecule has 1 aliphatic rings. The van der Waals surface area contributed by atoms with Crippen molar-refractivity contribution >= 4 is 24.5 Å². The molecule has 6 heteroatoms. The molecule has 0 saturated carbocycles. The van der Waals surface area contributed by atoms with Crippen LogP contribution in [0.5, 0.6) is 0 Å². The van der Waals surface area contributed by atoms with Crippen molar-refractivity contribution in [3.63, 3.8) is 0 Å². The van der Waals surface area contributed by atoms with Crippen molar-refractivity contribution in [2.45, 2.75) is 31.4 Å². The number of aliphatic hydroxyl groups excluding tert-OH is 1. The van der Waals surface area contributed by atoms with Crippen LogP contribution in [0.3, 0.4) is 0 Å². The first-order valence-corrected chi connectivity index (χ1v) is 5.50. The van der Waals surface area contributed by atoms with Gasteiger partial charge < -0.3 is 15.1 Å². The fraction of sp³-hybridized carbons (Fsp3) is 0.778. The van der Waals surface area contributed by atoms with Gasteiger partial charge in [0.05, 0.1) is 6.10 Å². The monoisotopic (exact) mass is 233 g/mol. The van der Waals surface area contributed by atoms with E-state index in [2.05, 4.69) is 12.6 Å². The summed E-state index contributed by atoms with van der Waals surface area (Å²) in [6, 6.07) is -0.868. The molecule has 86 valence electrons. The fourth-order valence-corrected chi connectivity index (χ4v) is 1.86. The number of rotatable bonds is 4. The number of carbonyl (C=O) groups excluding carboxylic acids is 1. The van der Waals surface area contributed by atoms with Crippen molar-refractivity contribution in [3.8, 4) is 0 Å². The normalized spacial score (nSPS) is 25.6. The van der Waals surface area contributed by atoms with Gasteiger partial charge in [-0.3, -0.25) is 4.79 Å². The van der Waals surface area contributed by atoms with Crippen LogP contribution in [-0.2, 0) is 9.59 Å². The Balaban J connectivity index is 2.58. The van der Waals surface area contributed by atoms with Crippen LogP contribution in [0.4, 0.5) is 0 Å². The summed E-state index contributed by atoms with van der Waals surface area (Å²) in [5.41, 5.74) is 0. The highest BCUT2D eigenvalue weighted by Crippen LogP contribution is 2.19. The first-order valence-electron chi connectivity index (χ1n) is 4.87. The Morgan fingerprint density at radius 2 is 2.13 bits per heavy atom. The zero-order chi connectivity index (χ0) is 11.4. The van der Waals surface area contributed by atoms with Gasteiger partial charge in [0.25, 0.3) is 0 Å². The van der Waals surface area contributed by atoms with Crippen LogP contribution in [0, 0.1) is 0 Å².